The molecule has 0 unspecified atom stereocenters. The molecule has 4 heteroatoms. The van der Waals surface area contributed by atoms with Gasteiger partial charge in [0.2, 0.25) is 0 Å². The Bertz CT molecular complexity index is 1030. The van der Waals surface area contributed by atoms with Crippen molar-refractivity contribution in [1.29, 1.82) is 0 Å². The Morgan fingerprint density at radius 3 is 2.62 bits per heavy atom. The first-order valence-electron chi connectivity index (χ1n) is 8.89. The lowest BCUT2D eigenvalue weighted by Crippen LogP contribution is -1.94. The van der Waals surface area contributed by atoms with E-state index in [0.29, 0.717) is 0 Å². The molecule has 0 amide bonds. The Morgan fingerprint density at radius 2 is 1.81 bits per heavy atom. The third-order valence-corrected chi connectivity index (χ3v) is 4.39. The van der Waals surface area contributed by atoms with E-state index in [2.05, 4.69) is 46.4 Å². The first kappa shape index (κ1) is 16.3. The molecule has 4 aromatic rings. The van der Waals surface area contributed by atoms with Crippen LogP contribution in [0.2, 0.25) is 0 Å². The van der Waals surface area contributed by atoms with Gasteiger partial charge in [0.25, 0.3) is 0 Å². The number of rotatable bonds is 5. The number of nitrogens with one attached hydrogen (secondary N) is 1. The summed E-state index contributed by atoms with van der Waals surface area (Å²) in [5, 5.41) is 8.60. The molecular weight excluding hydrogens is 322 g/mol. The minimum absolute atomic E-state index is 0.735. The SMILES string of the molecule is CCCOc1ccc(-c2cn[nH]c2-c2cc(C)nc3ccccc23)cc1. The molecule has 0 aliphatic heterocycles. The van der Waals surface area contributed by atoms with Crippen LogP contribution in [-0.2, 0) is 0 Å². The number of aromatic nitrogens is 3. The number of hydrogen-bond acceptors (Lipinski definition) is 3. The quantitative estimate of drug-likeness (QED) is 0.528. The molecule has 0 saturated heterocycles. The van der Waals surface area contributed by atoms with Crippen molar-refractivity contribution in [2.45, 2.75) is 20.3 Å². The summed E-state index contributed by atoms with van der Waals surface area (Å²) in [6.07, 6.45) is 2.88. The van der Waals surface area contributed by atoms with Gasteiger partial charge in [-0.25, -0.2) is 0 Å². The van der Waals surface area contributed by atoms with E-state index in [1.165, 1.54) is 0 Å². The molecule has 0 aliphatic rings. The Labute approximate surface area is 152 Å². The van der Waals surface area contributed by atoms with Crippen molar-refractivity contribution in [2.24, 2.45) is 0 Å². The van der Waals surface area contributed by atoms with Crippen LogP contribution in [0.15, 0.2) is 60.8 Å². The second kappa shape index (κ2) is 7.00. The third kappa shape index (κ3) is 3.06. The number of ether oxygens (including phenoxy) is 1. The highest BCUT2D eigenvalue weighted by molar-refractivity contribution is 5.97. The van der Waals surface area contributed by atoms with Crippen LogP contribution in [0.5, 0.6) is 5.75 Å². The Balaban J connectivity index is 1.79. The number of aryl methyl sites for hydroxylation is 1. The Morgan fingerprint density at radius 1 is 1.00 bits per heavy atom. The van der Waals surface area contributed by atoms with E-state index in [4.69, 9.17) is 4.74 Å². The van der Waals surface area contributed by atoms with Gasteiger partial charge in [-0.2, -0.15) is 5.10 Å². The molecule has 2 aromatic carbocycles. The van der Waals surface area contributed by atoms with Gasteiger partial charge in [0.05, 0.1) is 24.0 Å². The van der Waals surface area contributed by atoms with Gasteiger partial charge in [0, 0.05) is 22.2 Å². The van der Waals surface area contributed by atoms with Crippen molar-refractivity contribution in [3.63, 3.8) is 0 Å². The maximum absolute atomic E-state index is 5.68. The molecule has 2 aromatic heterocycles. The van der Waals surface area contributed by atoms with Gasteiger partial charge >= 0.3 is 0 Å². The molecule has 0 saturated carbocycles. The highest BCUT2D eigenvalue weighted by Crippen LogP contribution is 2.35. The van der Waals surface area contributed by atoms with E-state index in [0.717, 1.165) is 57.8 Å². The molecule has 0 bridgehead atoms. The number of H-pyrrole nitrogens is 1. The fourth-order valence-corrected chi connectivity index (χ4v) is 3.18. The molecule has 2 heterocycles. The predicted octanol–water partition coefficient (Wildman–Crippen LogP) is 5.39. The minimum atomic E-state index is 0.735. The molecule has 4 rings (SSSR count). The molecule has 1 N–H and O–H groups in total. The standard InChI is InChI=1S/C22H21N3O/c1-3-12-26-17-10-8-16(9-11-17)20-14-23-25-22(20)19-13-15(2)24-21-7-5-4-6-18(19)21/h4-11,13-14H,3,12H2,1-2H3,(H,23,25). The van der Waals surface area contributed by atoms with Crippen molar-refractivity contribution in [3.8, 4) is 28.1 Å². The largest absolute Gasteiger partial charge is 0.494 e. The van der Waals surface area contributed by atoms with Crippen LogP contribution >= 0.6 is 0 Å². The van der Waals surface area contributed by atoms with Gasteiger partial charge in [-0.3, -0.25) is 10.1 Å². The average molecular weight is 343 g/mol. The summed E-state index contributed by atoms with van der Waals surface area (Å²) in [5.41, 5.74) is 6.29. The normalized spacial score (nSPS) is 11.0. The summed E-state index contributed by atoms with van der Waals surface area (Å²) in [5.74, 6) is 0.894. The van der Waals surface area contributed by atoms with Gasteiger partial charge in [0.15, 0.2) is 0 Å². The van der Waals surface area contributed by atoms with Crippen LogP contribution in [0, 0.1) is 6.92 Å². The summed E-state index contributed by atoms with van der Waals surface area (Å²) in [6.45, 7) is 4.86. The first-order chi connectivity index (χ1) is 12.8. The van der Waals surface area contributed by atoms with Crippen molar-refractivity contribution < 1.29 is 4.74 Å². The third-order valence-electron chi connectivity index (χ3n) is 4.39. The topological polar surface area (TPSA) is 50.8 Å². The predicted molar refractivity (Wildman–Crippen MR) is 105 cm³/mol. The lowest BCUT2D eigenvalue weighted by atomic mass is 9.98. The van der Waals surface area contributed by atoms with Crippen molar-refractivity contribution in [1.82, 2.24) is 15.2 Å². The van der Waals surface area contributed by atoms with E-state index >= 15 is 0 Å². The number of hydrogen-bond donors (Lipinski definition) is 1. The lowest BCUT2D eigenvalue weighted by Gasteiger charge is -2.10. The summed E-state index contributed by atoms with van der Waals surface area (Å²) in [7, 11) is 0. The first-order valence-corrected chi connectivity index (χ1v) is 8.89. The average Bonchev–Trinajstić information content (AvgIpc) is 3.15. The molecule has 26 heavy (non-hydrogen) atoms. The Hall–Kier alpha value is -3.14. The summed E-state index contributed by atoms with van der Waals surface area (Å²) < 4.78 is 5.68. The second-order valence-corrected chi connectivity index (χ2v) is 6.36. The van der Waals surface area contributed by atoms with Gasteiger partial charge < -0.3 is 4.74 Å². The maximum Gasteiger partial charge on any atom is 0.119 e. The maximum atomic E-state index is 5.68. The highest BCUT2D eigenvalue weighted by atomic mass is 16.5. The van der Waals surface area contributed by atoms with Gasteiger partial charge in [0.1, 0.15) is 5.75 Å². The smallest absolute Gasteiger partial charge is 0.119 e. The van der Waals surface area contributed by atoms with Gasteiger partial charge in [-0.1, -0.05) is 37.3 Å². The molecule has 0 fully saturated rings. The lowest BCUT2D eigenvalue weighted by molar-refractivity contribution is 0.317. The summed E-state index contributed by atoms with van der Waals surface area (Å²) >= 11 is 0. The van der Waals surface area contributed by atoms with E-state index < -0.39 is 0 Å². The molecule has 0 spiro atoms. The molecule has 130 valence electrons. The van der Waals surface area contributed by atoms with Crippen molar-refractivity contribution in [3.05, 3.63) is 66.5 Å². The van der Waals surface area contributed by atoms with Gasteiger partial charge in [-0.05, 0) is 43.2 Å². The van der Waals surface area contributed by atoms with Crippen LogP contribution < -0.4 is 4.74 Å². The van der Waals surface area contributed by atoms with Crippen LogP contribution in [0.25, 0.3) is 33.3 Å². The van der Waals surface area contributed by atoms with Crippen LogP contribution in [0.4, 0.5) is 0 Å². The Kier molecular flexibility index (Phi) is 4.40. The fourth-order valence-electron chi connectivity index (χ4n) is 3.18. The van der Waals surface area contributed by atoms with E-state index in [-0.39, 0.29) is 0 Å². The van der Waals surface area contributed by atoms with Crippen LogP contribution in [0.1, 0.15) is 19.0 Å². The van der Waals surface area contributed by atoms with Crippen LogP contribution in [-0.4, -0.2) is 21.8 Å². The number of pyridine rings is 1. The van der Waals surface area contributed by atoms with E-state index in [1.807, 2.05) is 43.5 Å². The van der Waals surface area contributed by atoms with E-state index in [1.54, 1.807) is 0 Å². The fraction of sp³-hybridized carbons (Fsp3) is 0.182. The molecule has 4 nitrogen and oxygen atoms in total. The van der Waals surface area contributed by atoms with Crippen molar-refractivity contribution >= 4 is 10.9 Å². The molecule has 0 aliphatic carbocycles. The van der Waals surface area contributed by atoms with Crippen molar-refractivity contribution in [2.75, 3.05) is 6.61 Å². The zero-order chi connectivity index (χ0) is 17.9. The van der Waals surface area contributed by atoms with Gasteiger partial charge in [-0.15, -0.1) is 0 Å². The highest BCUT2D eigenvalue weighted by Gasteiger charge is 2.14. The molecular formula is C22H21N3O. The number of aromatic amines is 1. The zero-order valence-electron chi connectivity index (χ0n) is 15.0. The summed E-state index contributed by atoms with van der Waals surface area (Å²) in [6, 6.07) is 18.5. The number of fused-ring (bicyclic) bond motifs is 1. The minimum Gasteiger partial charge on any atom is -0.494 e. The molecule has 0 radical (unpaired) electrons. The molecule has 0 atom stereocenters. The number of para-hydroxylation sites is 1. The monoisotopic (exact) mass is 343 g/mol. The summed E-state index contributed by atoms with van der Waals surface area (Å²) in [4.78, 5) is 4.64. The van der Waals surface area contributed by atoms with E-state index in [9.17, 15) is 0 Å². The number of nitrogens with zero attached hydrogens (tertiary/aromatic N) is 2. The number of benzene rings is 2. The zero-order valence-corrected chi connectivity index (χ0v) is 15.0. The van der Waals surface area contributed by atoms with Crippen LogP contribution in [0.3, 0.4) is 0 Å². The second-order valence-electron chi connectivity index (χ2n) is 6.36.